The third-order valence-corrected chi connectivity index (χ3v) is 4.52. The molecule has 0 saturated carbocycles. The number of benzene rings is 1. The number of piperidine rings is 1. The highest BCUT2D eigenvalue weighted by Crippen LogP contribution is 2.24. The number of aryl methyl sites for hydroxylation is 1. The van der Waals surface area contributed by atoms with Gasteiger partial charge >= 0.3 is 0 Å². The standard InChI is InChI=1S/C19H29N3O2/c1-13-9-14(2)12-22(11-13)19(24)16-6-5-15(3)17(10-16)21-18(23)7-8-20-4/h5-6,10,13-14,20H,7-9,11-12H2,1-4H3,(H,21,23). The topological polar surface area (TPSA) is 61.4 Å². The van der Waals surface area contributed by atoms with Crippen LogP contribution in [0.2, 0.25) is 0 Å². The summed E-state index contributed by atoms with van der Waals surface area (Å²) >= 11 is 0. The Morgan fingerprint density at radius 2 is 1.88 bits per heavy atom. The van der Waals surface area contributed by atoms with Crippen molar-refractivity contribution < 1.29 is 9.59 Å². The number of nitrogens with one attached hydrogen (secondary N) is 2. The molecule has 0 radical (unpaired) electrons. The molecule has 0 bridgehead atoms. The van der Waals surface area contributed by atoms with Gasteiger partial charge in [0.2, 0.25) is 5.91 Å². The van der Waals surface area contributed by atoms with Gasteiger partial charge in [-0.2, -0.15) is 0 Å². The molecule has 0 spiro atoms. The summed E-state index contributed by atoms with van der Waals surface area (Å²) in [6, 6.07) is 5.56. The van der Waals surface area contributed by atoms with Gasteiger partial charge in [-0.1, -0.05) is 19.9 Å². The van der Waals surface area contributed by atoms with Crippen molar-refractivity contribution in [1.29, 1.82) is 0 Å². The van der Waals surface area contributed by atoms with E-state index in [1.54, 1.807) is 6.07 Å². The van der Waals surface area contributed by atoms with E-state index in [1.165, 1.54) is 6.42 Å². The number of amides is 2. The molecule has 0 aliphatic carbocycles. The molecule has 1 heterocycles. The van der Waals surface area contributed by atoms with Crippen molar-refractivity contribution >= 4 is 17.5 Å². The molecule has 2 rings (SSSR count). The van der Waals surface area contributed by atoms with E-state index >= 15 is 0 Å². The van der Waals surface area contributed by atoms with Crippen LogP contribution >= 0.6 is 0 Å². The number of rotatable bonds is 5. The first kappa shape index (κ1) is 18.5. The largest absolute Gasteiger partial charge is 0.338 e. The summed E-state index contributed by atoms with van der Waals surface area (Å²) in [5.74, 6) is 1.07. The Morgan fingerprint density at radius 1 is 1.21 bits per heavy atom. The first-order valence-corrected chi connectivity index (χ1v) is 8.75. The molecular weight excluding hydrogens is 302 g/mol. The fourth-order valence-corrected chi connectivity index (χ4v) is 3.35. The van der Waals surface area contributed by atoms with Crippen molar-refractivity contribution in [2.24, 2.45) is 11.8 Å². The molecular formula is C19H29N3O2. The lowest BCUT2D eigenvalue weighted by atomic mass is 9.91. The fourth-order valence-electron chi connectivity index (χ4n) is 3.35. The Labute approximate surface area is 144 Å². The van der Waals surface area contributed by atoms with Gasteiger partial charge in [0.15, 0.2) is 0 Å². The molecule has 1 aromatic rings. The first-order valence-electron chi connectivity index (χ1n) is 8.75. The summed E-state index contributed by atoms with van der Waals surface area (Å²) in [6.45, 7) is 8.57. The van der Waals surface area contributed by atoms with Gasteiger partial charge in [-0.05, 0) is 49.9 Å². The Bertz CT molecular complexity index is 590. The quantitative estimate of drug-likeness (QED) is 0.872. The molecule has 1 fully saturated rings. The number of carbonyl (C=O) groups excluding carboxylic acids is 2. The number of hydrogen-bond acceptors (Lipinski definition) is 3. The van der Waals surface area contributed by atoms with Crippen LogP contribution < -0.4 is 10.6 Å². The summed E-state index contributed by atoms with van der Waals surface area (Å²) < 4.78 is 0. The number of hydrogen-bond donors (Lipinski definition) is 2. The minimum Gasteiger partial charge on any atom is -0.338 e. The van der Waals surface area contributed by atoms with Crippen molar-refractivity contribution in [3.63, 3.8) is 0 Å². The average Bonchev–Trinajstić information content (AvgIpc) is 2.53. The molecule has 2 N–H and O–H groups in total. The number of carbonyl (C=O) groups is 2. The first-order chi connectivity index (χ1) is 11.4. The third-order valence-electron chi connectivity index (χ3n) is 4.52. The van der Waals surface area contributed by atoms with E-state index in [-0.39, 0.29) is 11.8 Å². The summed E-state index contributed by atoms with van der Waals surface area (Å²) in [5, 5.41) is 5.87. The maximum absolute atomic E-state index is 12.8. The van der Waals surface area contributed by atoms with Gasteiger partial charge in [0.05, 0.1) is 0 Å². The highest BCUT2D eigenvalue weighted by Gasteiger charge is 2.26. The van der Waals surface area contributed by atoms with Crippen molar-refractivity contribution in [3.05, 3.63) is 29.3 Å². The molecule has 1 aromatic carbocycles. The molecule has 5 heteroatoms. The van der Waals surface area contributed by atoms with Gasteiger partial charge in [0, 0.05) is 37.3 Å². The molecule has 24 heavy (non-hydrogen) atoms. The minimum absolute atomic E-state index is 0.0442. The van der Waals surface area contributed by atoms with Crippen molar-refractivity contribution in [3.8, 4) is 0 Å². The summed E-state index contributed by atoms with van der Waals surface area (Å²) in [7, 11) is 1.82. The van der Waals surface area contributed by atoms with Crippen LogP contribution in [0.1, 0.15) is 42.6 Å². The van der Waals surface area contributed by atoms with Crippen LogP contribution in [-0.2, 0) is 4.79 Å². The summed E-state index contributed by atoms with van der Waals surface area (Å²) in [4.78, 5) is 26.7. The monoisotopic (exact) mass is 331 g/mol. The molecule has 1 aliphatic heterocycles. The van der Waals surface area contributed by atoms with E-state index in [4.69, 9.17) is 0 Å². The smallest absolute Gasteiger partial charge is 0.253 e. The van der Waals surface area contributed by atoms with Crippen LogP contribution in [0.4, 0.5) is 5.69 Å². The number of likely N-dealkylation sites (tertiary alicyclic amines) is 1. The molecule has 5 nitrogen and oxygen atoms in total. The van der Waals surface area contributed by atoms with E-state index in [2.05, 4.69) is 24.5 Å². The highest BCUT2D eigenvalue weighted by atomic mass is 16.2. The molecule has 2 atom stereocenters. The molecule has 1 aliphatic rings. The Kier molecular flexibility index (Phi) is 6.37. The lowest BCUT2D eigenvalue weighted by molar-refractivity contribution is -0.116. The maximum Gasteiger partial charge on any atom is 0.253 e. The third kappa shape index (κ3) is 4.81. The van der Waals surface area contributed by atoms with Crippen molar-refractivity contribution in [2.45, 2.75) is 33.6 Å². The van der Waals surface area contributed by atoms with E-state index < -0.39 is 0 Å². The highest BCUT2D eigenvalue weighted by molar-refractivity contribution is 5.97. The van der Waals surface area contributed by atoms with Crippen LogP contribution in [0, 0.1) is 18.8 Å². The lowest BCUT2D eigenvalue weighted by Gasteiger charge is -2.35. The minimum atomic E-state index is -0.0442. The number of nitrogens with zero attached hydrogens (tertiary/aromatic N) is 1. The second kappa shape index (κ2) is 8.29. The van der Waals surface area contributed by atoms with Crippen LogP contribution in [0.25, 0.3) is 0 Å². The summed E-state index contributed by atoms with van der Waals surface area (Å²) in [5.41, 5.74) is 2.33. The van der Waals surface area contributed by atoms with Gasteiger partial charge in [-0.25, -0.2) is 0 Å². The predicted molar refractivity (Wildman–Crippen MR) is 97.2 cm³/mol. The van der Waals surface area contributed by atoms with E-state index in [1.807, 2.05) is 31.0 Å². The van der Waals surface area contributed by atoms with Crippen molar-refractivity contribution in [1.82, 2.24) is 10.2 Å². The van der Waals surface area contributed by atoms with E-state index in [0.717, 1.165) is 24.3 Å². The molecule has 132 valence electrons. The molecule has 0 aromatic heterocycles. The zero-order valence-corrected chi connectivity index (χ0v) is 15.2. The van der Waals surface area contributed by atoms with Crippen molar-refractivity contribution in [2.75, 3.05) is 32.0 Å². The summed E-state index contributed by atoms with van der Waals surface area (Å²) in [6.07, 6.45) is 1.58. The van der Waals surface area contributed by atoms with Gasteiger partial charge in [0.25, 0.3) is 5.91 Å². The lowest BCUT2D eigenvalue weighted by Crippen LogP contribution is -2.42. The second-order valence-corrected chi connectivity index (χ2v) is 7.09. The van der Waals surface area contributed by atoms with Gasteiger partial charge in [-0.3, -0.25) is 9.59 Å². The van der Waals surface area contributed by atoms with Crippen LogP contribution in [0.15, 0.2) is 18.2 Å². The van der Waals surface area contributed by atoms with Gasteiger partial charge in [-0.15, -0.1) is 0 Å². The second-order valence-electron chi connectivity index (χ2n) is 7.09. The van der Waals surface area contributed by atoms with Crippen LogP contribution in [0.5, 0.6) is 0 Å². The fraction of sp³-hybridized carbons (Fsp3) is 0.579. The Balaban J connectivity index is 2.11. The van der Waals surface area contributed by atoms with E-state index in [0.29, 0.717) is 30.4 Å². The Morgan fingerprint density at radius 3 is 2.50 bits per heavy atom. The zero-order chi connectivity index (χ0) is 17.7. The zero-order valence-electron chi connectivity index (χ0n) is 15.2. The Hall–Kier alpha value is -1.88. The number of anilines is 1. The van der Waals surface area contributed by atoms with Gasteiger partial charge in [0.1, 0.15) is 0 Å². The van der Waals surface area contributed by atoms with Gasteiger partial charge < -0.3 is 15.5 Å². The SMILES string of the molecule is CNCCC(=O)Nc1cc(C(=O)N2CC(C)CC(C)C2)ccc1C. The maximum atomic E-state index is 12.8. The van der Waals surface area contributed by atoms with Crippen LogP contribution in [0.3, 0.4) is 0 Å². The average molecular weight is 331 g/mol. The van der Waals surface area contributed by atoms with Crippen LogP contribution in [-0.4, -0.2) is 43.4 Å². The molecule has 2 amide bonds. The molecule has 2 unspecified atom stereocenters. The predicted octanol–water partition coefficient (Wildman–Crippen LogP) is 2.66. The molecule has 1 saturated heterocycles. The normalized spacial score (nSPS) is 20.8. The van der Waals surface area contributed by atoms with E-state index in [9.17, 15) is 9.59 Å².